The van der Waals surface area contributed by atoms with E-state index in [0.717, 1.165) is 0 Å². The second-order valence-corrected chi connectivity index (χ2v) is 7.50. The van der Waals surface area contributed by atoms with Crippen molar-refractivity contribution >= 4 is 11.9 Å². The number of hydrogen-bond acceptors (Lipinski definition) is 8. The van der Waals surface area contributed by atoms with Crippen LogP contribution in [0.2, 0.25) is 0 Å². The van der Waals surface area contributed by atoms with Crippen molar-refractivity contribution in [2.24, 2.45) is 0 Å². The fraction of sp³-hybridized carbons (Fsp3) is 0.667. The molecule has 3 aliphatic rings. The Morgan fingerprint density at radius 1 is 1.35 bits per heavy atom. The van der Waals surface area contributed by atoms with Crippen molar-refractivity contribution in [2.45, 2.75) is 63.1 Å². The van der Waals surface area contributed by atoms with Gasteiger partial charge in [0.05, 0.1) is 17.8 Å². The Hall–Kier alpha value is -1.74. The molecule has 8 nitrogen and oxygen atoms in total. The minimum Gasteiger partial charge on any atom is -0.457 e. The van der Waals surface area contributed by atoms with E-state index in [9.17, 15) is 19.8 Å². The monoisotopic (exact) mass is 368 g/mol. The first kappa shape index (κ1) is 19.0. The summed E-state index contributed by atoms with van der Waals surface area (Å²) in [4.78, 5) is 24.0. The van der Waals surface area contributed by atoms with Gasteiger partial charge in [-0.3, -0.25) is 4.79 Å². The molecule has 3 aliphatic heterocycles. The molecule has 2 bridgehead atoms. The van der Waals surface area contributed by atoms with Crippen LogP contribution in [-0.2, 0) is 28.5 Å². The highest BCUT2D eigenvalue weighted by atomic mass is 16.7. The molecule has 26 heavy (non-hydrogen) atoms. The average Bonchev–Trinajstić information content (AvgIpc) is 2.97. The zero-order chi connectivity index (χ0) is 19.3. The molecule has 4 atom stereocenters. The lowest BCUT2D eigenvalue weighted by molar-refractivity contribution is -0.298. The number of carbonyl (C=O) groups is 2. The first-order valence-electron chi connectivity index (χ1n) is 8.50. The summed E-state index contributed by atoms with van der Waals surface area (Å²) in [7, 11) is 1.43. The molecule has 0 spiro atoms. The molecule has 144 valence electrons. The minimum atomic E-state index is -1.82. The van der Waals surface area contributed by atoms with E-state index >= 15 is 0 Å². The molecule has 0 amide bonds. The van der Waals surface area contributed by atoms with Gasteiger partial charge in [0.1, 0.15) is 17.5 Å². The summed E-state index contributed by atoms with van der Waals surface area (Å²) in [6.07, 6.45) is 1.03. The van der Waals surface area contributed by atoms with Crippen molar-refractivity contribution < 1.29 is 38.7 Å². The van der Waals surface area contributed by atoms with Gasteiger partial charge in [0.2, 0.25) is 0 Å². The molecule has 3 heterocycles. The third kappa shape index (κ3) is 3.07. The van der Waals surface area contributed by atoms with E-state index in [1.165, 1.54) is 21.0 Å². The quantitative estimate of drug-likeness (QED) is 0.701. The molecule has 0 saturated carbocycles. The van der Waals surface area contributed by atoms with E-state index in [1.54, 1.807) is 13.0 Å². The Morgan fingerprint density at radius 2 is 2.04 bits per heavy atom. The molecular formula is C18H24O8. The lowest BCUT2D eigenvalue weighted by atomic mass is 9.82. The van der Waals surface area contributed by atoms with E-state index < -0.39 is 35.0 Å². The van der Waals surface area contributed by atoms with Crippen LogP contribution in [-0.4, -0.2) is 59.0 Å². The molecule has 0 aromatic rings. The van der Waals surface area contributed by atoms with E-state index in [-0.39, 0.29) is 30.8 Å². The first-order chi connectivity index (χ1) is 12.0. The van der Waals surface area contributed by atoms with E-state index in [1.807, 2.05) is 0 Å². The fourth-order valence-electron chi connectivity index (χ4n) is 3.80. The highest BCUT2D eigenvalue weighted by Gasteiger charge is 2.58. The van der Waals surface area contributed by atoms with E-state index in [4.69, 9.17) is 18.9 Å². The maximum absolute atomic E-state index is 12.3. The molecule has 2 unspecified atom stereocenters. The standard InChI is InChI=1S/C18H24O8/c1-10(19)24-13-8-17(3,21)18(22)6-5-16(2,26-18)7-12-14(13)11(9-23-4)15(20)25-12/h7,13,21-22H,5-6,8-9H2,1-4H3/b12-7+/t13-,16?,17+,18?/m0/s1. The predicted octanol–water partition coefficient (Wildman–Crippen LogP) is 0.714. The Bertz CT molecular complexity index is 706. The first-order valence-corrected chi connectivity index (χ1v) is 8.50. The number of ether oxygens (including phenoxy) is 4. The molecule has 1 fully saturated rings. The number of rotatable bonds is 3. The number of carbonyl (C=O) groups excluding carboxylic acids is 2. The largest absolute Gasteiger partial charge is 0.457 e. The van der Waals surface area contributed by atoms with Gasteiger partial charge >= 0.3 is 11.9 Å². The van der Waals surface area contributed by atoms with Crippen LogP contribution in [0.3, 0.4) is 0 Å². The summed E-state index contributed by atoms with van der Waals surface area (Å²) < 4.78 is 21.7. The summed E-state index contributed by atoms with van der Waals surface area (Å²) in [6.45, 7) is 4.36. The van der Waals surface area contributed by atoms with Gasteiger partial charge in [0.15, 0.2) is 5.79 Å². The zero-order valence-electron chi connectivity index (χ0n) is 15.3. The summed E-state index contributed by atoms with van der Waals surface area (Å²) in [5, 5.41) is 21.9. The highest BCUT2D eigenvalue weighted by molar-refractivity contribution is 5.95. The van der Waals surface area contributed by atoms with Crippen molar-refractivity contribution in [2.75, 3.05) is 13.7 Å². The second-order valence-electron chi connectivity index (χ2n) is 7.50. The van der Waals surface area contributed by atoms with E-state index in [2.05, 4.69) is 0 Å². The molecule has 2 N–H and O–H groups in total. The molecule has 0 aliphatic carbocycles. The van der Waals surface area contributed by atoms with Crippen molar-refractivity contribution in [3.05, 3.63) is 23.0 Å². The maximum atomic E-state index is 12.3. The van der Waals surface area contributed by atoms with Crippen LogP contribution >= 0.6 is 0 Å². The van der Waals surface area contributed by atoms with Crippen LogP contribution < -0.4 is 0 Å². The van der Waals surface area contributed by atoms with Crippen LogP contribution in [0.4, 0.5) is 0 Å². The van der Waals surface area contributed by atoms with Crippen molar-refractivity contribution in [3.63, 3.8) is 0 Å². The van der Waals surface area contributed by atoms with Gasteiger partial charge in [-0.2, -0.15) is 0 Å². The van der Waals surface area contributed by atoms with Gasteiger partial charge in [-0.25, -0.2) is 4.79 Å². The second kappa shape index (κ2) is 6.16. The average molecular weight is 368 g/mol. The third-order valence-electron chi connectivity index (χ3n) is 5.18. The topological polar surface area (TPSA) is 112 Å². The zero-order valence-corrected chi connectivity index (χ0v) is 15.3. The van der Waals surface area contributed by atoms with Gasteiger partial charge in [-0.05, 0) is 26.3 Å². The molecular weight excluding hydrogens is 344 g/mol. The maximum Gasteiger partial charge on any atom is 0.342 e. The minimum absolute atomic E-state index is 0.0345. The summed E-state index contributed by atoms with van der Waals surface area (Å²) in [5.74, 6) is -2.79. The molecule has 0 aromatic carbocycles. The van der Waals surface area contributed by atoms with Crippen molar-refractivity contribution in [3.8, 4) is 0 Å². The van der Waals surface area contributed by atoms with Crippen molar-refractivity contribution in [1.29, 1.82) is 0 Å². The van der Waals surface area contributed by atoms with Crippen LogP contribution in [0.5, 0.6) is 0 Å². The highest BCUT2D eigenvalue weighted by Crippen LogP contribution is 2.49. The Morgan fingerprint density at radius 3 is 2.65 bits per heavy atom. The van der Waals surface area contributed by atoms with Gasteiger partial charge in [0, 0.05) is 32.4 Å². The number of esters is 2. The van der Waals surface area contributed by atoms with Crippen molar-refractivity contribution in [1.82, 2.24) is 0 Å². The Kier molecular flexibility index (Phi) is 4.51. The molecule has 8 heteroatoms. The van der Waals surface area contributed by atoms with Gasteiger partial charge in [-0.1, -0.05) is 0 Å². The van der Waals surface area contributed by atoms with Gasteiger partial charge < -0.3 is 29.2 Å². The number of fused-ring (bicyclic) bond motifs is 3. The normalized spacial score (nSPS) is 41.5. The smallest absolute Gasteiger partial charge is 0.342 e. The van der Waals surface area contributed by atoms with Crippen LogP contribution in [0.15, 0.2) is 23.0 Å². The summed E-state index contributed by atoms with van der Waals surface area (Å²) in [6, 6.07) is 0. The molecule has 0 aromatic heterocycles. The number of hydrogen-bond donors (Lipinski definition) is 2. The predicted molar refractivity (Wildman–Crippen MR) is 87.5 cm³/mol. The molecule has 1 saturated heterocycles. The fourth-order valence-corrected chi connectivity index (χ4v) is 3.80. The third-order valence-corrected chi connectivity index (χ3v) is 5.18. The Labute approximate surface area is 151 Å². The van der Waals surface area contributed by atoms with Gasteiger partial charge in [0.25, 0.3) is 0 Å². The molecule has 3 rings (SSSR count). The van der Waals surface area contributed by atoms with Gasteiger partial charge in [-0.15, -0.1) is 0 Å². The van der Waals surface area contributed by atoms with E-state index in [0.29, 0.717) is 12.0 Å². The Balaban J connectivity index is 2.19. The summed E-state index contributed by atoms with van der Waals surface area (Å²) in [5.41, 5.74) is -2.12. The lowest BCUT2D eigenvalue weighted by Gasteiger charge is -2.40. The van der Waals surface area contributed by atoms with Crippen LogP contribution in [0.25, 0.3) is 0 Å². The van der Waals surface area contributed by atoms with Crippen LogP contribution in [0, 0.1) is 0 Å². The van der Waals surface area contributed by atoms with Crippen LogP contribution in [0.1, 0.15) is 40.0 Å². The number of aliphatic hydroxyl groups is 2. The number of methoxy groups -OCH3 is 1. The SMILES string of the molecule is COCC1=C2/C(=C\C3(C)CCC(O)(O3)[C@](C)(O)C[C@@H]2OC(C)=O)OC1=O. The summed E-state index contributed by atoms with van der Waals surface area (Å²) >= 11 is 0. The lowest BCUT2D eigenvalue weighted by Crippen LogP contribution is -2.54. The molecule has 0 radical (unpaired) electrons.